The van der Waals surface area contributed by atoms with Crippen LogP contribution in [0, 0.1) is 13.8 Å². The Morgan fingerprint density at radius 1 is 1.11 bits per heavy atom. The Balaban J connectivity index is 1.69. The summed E-state index contributed by atoms with van der Waals surface area (Å²) in [6.45, 7) is 4.46. The van der Waals surface area contributed by atoms with Gasteiger partial charge in [-0.25, -0.2) is 0 Å². The lowest BCUT2D eigenvalue weighted by atomic mass is 9.61. The molecule has 1 saturated carbocycles. The third-order valence-corrected chi connectivity index (χ3v) is 5.62. The van der Waals surface area contributed by atoms with E-state index in [0.29, 0.717) is 6.54 Å². The Kier molecular flexibility index (Phi) is 5.85. The van der Waals surface area contributed by atoms with E-state index in [1.165, 1.54) is 5.56 Å². The number of aryl methyl sites for hydroxylation is 2. The summed E-state index contributed by atoms with van der Waals surface area (Å²) in [5.74, 6) is -0.250. The van der Waals surface area contributed by atoms with E-state index in [-0.39, 0.29) is 29.2 Å². The van der Waals surface area contributed by atoms with Gasteiger partial charge in [0.15, 0.2) is 0 Å². The minimum atomic E-state index is -0.171. The van der Waals surface area contributed by atoms with Crippen molar-refractivity contribution in [3.8, 4) is 0 Å². The second kappa shape index (κ2) is 8.13. The molecule has 0 aliphatic heterocycles. The summed E-state index contributed by atoms with van der Waals surface area (Å²) >= 11 is 5.61. The van der Waals surface area contributed by atoms with E-state index in [1.54, 1.807) is 0 Å². The number of carbonyl (C=O) groups is 2. The lowest BCUT2D eigenvalue weighted by Gasteiger charge is -2.48. The predicted molar refractivity (Wildman–Crippen MR) is 108 cm³/mol. The highest BCUT2D eigenvalue weighted by Gasteiger charge is 2.46. The van der Waals surface area contributed by atoms with Crippen LogP contribution in [-0.2, 0) is 10.2 Å². The molecule has 3 rings (SSSR count). The SMILES string of the molecule is Cc1ccc(C)c(C(=O)NC2CC(CNC(=O)CCl)(c3ccccc3)C2)c1. The van der Waals surface area contributed by atoms with Gasteiger partial charge < -0.3 is 10.6 Å². The molecule has 2 N–H and O–H groups in total. The maximum atomic E-state index is 12.7. The summed E-state index contributed by atoms with van der Waals surface area (Å²) in [6.07, 6.45) is 1.58. The summed E-state index contributed by atoms with van der Waals surface area (Å²) in [5.41, 5.74) is 3.78. The van der Waals surface area contributed by atoms with E-state index in [0.717, 1.165) is 29.5 Å². The van der Waals surface area contributed by atoms with Crippen molar-refractivity contribution in [2.24, 2.45) is 0 Å². The molecule has 1 fully saturated rings. The van der Waals surface area contributed by atoms with E-state index in [2.05, 4.69) is 22.8 Å². The fourth-order valence-electron chi connectivity index (χ4n) is 3.82. The maximum absolute atomic E-state index is 12.7. The summed E-state index contributed by atoms with van der Waals surface area (Å²) in [5, 5.41) is 6.06. The van der Waals surface area contributed by atoms with Crippen LogP contribution in [0.4, 0.5) is 0 Å². The van der Waals surface area contributed by atoms with E-state index in [4.69, 9.17) is 11.6 Å². The van der Waals surface area contributed by atoms with Crippen LogP contribution < -0.4 is 10.6 Å². The zero-order valence-electron chi connectivity index (χ0n) is 15.7. The van der Waals surface area contributed by atoms with Gasteiger partial charge in [0.2, 0.25) is 5.91 Å². The highest BCUT2D eigenvalue weighted by atomic mass is 35.5. The van der Waals surface area contributed by atoms with Crippen LogP contribution in [-0.4, -0.2) is 30.3 Å². The highest BCUT2D eigenvalue weighted by Crippen LogP contribution is 2.43. The quantitative estimate of drug-likeness (QED) is 0.749. The monoisotopic (exact) mass is 384 g/mol. The Hall–Kier alpha value is -2.33. The lowest BCUT2D eigenvalue weighted by molar-refractivity contribution is -0.119. The molecule has 0 unspecified atom stereocenters. The zero-order chi connectivity index (χ0) is 19.4. The first-order chi connectivity index (χ1) is 12.9. The number of hydrogen-bond acceptors (Lipinski definition) is 2. The molecule has 27 heavy (non-hydrogen) atoms. The van der Waals surface area contributed by atoms with Crippen LogP contribution in [0.2, 0.25) is 0 Å². The van der Waals surface area contributed by atoms with Gasteiger partial charge in [0.05, 0.1) is 0 Å². The van der Waals surface area contributed by atoms with E-state index >= 15 is 0 Å². The zero-order valence-corrected chi connectivity index (χ0v) is 16.5. The minimum Gasteiger partial charge on any atom is -0.354 e. The second-order valence-electron chi connectivity index (χ2n) is 7.45. The third kappa shape index (κ3) is 4.33. The van der Waals surface area contributed by atoms with Gasteiger partial charge in [-0.2, -0.15) is 0 Å². The Morgan fingerprint density at radius 2 is 1.81 bits per heavy atom. The molecule has 2 amide bonds. The number of benzene rings is 2. The molecule has 0 saturated heterocycles. The van der Waals surface area contributed by atoms with Gasteiger partial charge in [0, 0.05) is 23.6 Å². The van der Waals surface area contributed by atoms with Gasteiger partial charge >= 0.3 is 0 Å². The molecule has 1 aliphatic carbocycles. The molecule has 0 heterocycles. The smallest absolute Gasteiger partial charge is 0.251 e. The van der Waals surface area contributed by atoms with Crippen molar-refractivity contribution in [2.45, 2.75) is 38.1 Å². The fraction of sp³-hybridized carbons (Fsp3) is 0.364. The normalized spacial score (nSPS) is 21.2. The number of carbonyl (C=O) groups excluding carboxylic acids is 2. The van der Waals surface area contributed by atoms with Crippen molar-refractivity contribution in [3.05, 3.63) is 70.8 Å². The van der Waals surface area contributed by atoms with Gasteiger partial charge in [0.1, 0.15) is 5.88 Å². The van der Waals surface area contributed by atoms with E-state index in [9.17, 15) is 9.59 Å². The average Bonchev–Trinajstić information content (AvgIpc) is 2.65. The molecular weight excluding hydrogens is 360 g/mol. The van der Waals surface area contributed by atoms with Gasteiger partial charge in [-0.05, 0) is 43.9 Å². The second-order valence-corrected chi connectivity index (χ2v) is 7.72. The van der Waals surface area contributed by atoms with Crippen molar-refractivity contribution >= 4 is 23.4 Å². The number of hydrogen-bond donors (Lipinski definition) is 2. The summed E-state index contributed by atoms with van der Waals surface area (Å²) < 4.78 is 0. The molecule has 2 aromatic rings. The van der Waals surface area contributed by atoms with Crippen molar-refractivity contribution in [1.29, 1.82) is 0 Å². The van der Waals surface area contributed by atoms with Crippen LogP contribution in [0.25, 0.3) is 0 Å². The lowest BCUT2D eigenvalue weighted by Crippen LogP contribution is -2.57. The Labute approximate surface area is 165 Å². The van der Waals surface area contributed by atoms with Crippen LogP contribution >= 0.6 is 11.6 Å². The average molecular weight is 385 g/mol. The summed E-state index contributed by atoms with van der Waals surface area (Å²) in [7, 11) is 0. The van der Waals surface area contributed by atoms with Crippen LogP contribution in [0.15, 0.2) is 48.5 Å². The van der Waals surface area contributed by atoms with E-state index < -0.39 is 0 Å². The molecule has 4 nitrogen and oxygen atoms in total. The van der Waals surface area contributed by atoms with E-state index in [1.807, 2.05) is 50.2 Å². The first kappa shape index (κ1) is 19.4. The largest absolute Gasteiger partial charge is 0.354 e. The molecule has 1 aliphatic rings. The van der Waals surface area contributed by atoms with Crippen molar-refractivity contribution in [1.82, 2.24) is 10.6 Å². The molecule has 0 bridgehead atoms. The Bertz CT molecular complexity index is 829. The molecule has 0 atom stereocenters. The third-order valence-electron chi connectivity index (χ3n) is 5.38. The van der Waals surface area contributed by atoms with Crippen molar-refractivity contribution in [2.75, 3.05) is 12.4 Å². The van der Waals surface area contributed by atoms with Crippen LogP contribution in [0.3, 0.4) is 0 Å². The number of rotatable bonds is 6. The predicted octanol–water partition coefficient (Wildman–Crippen LogP) is 3.49. The molecule has 0 radical (unpaired) electrons. The topological polar surface area (TPSA) is 58.2 Å². The molecule has 2 aromatic carbocycles. The van der Waals surface area contributed by atoms with Gasteiger partial charge in [-0.3, -0.25) is 9.59 Å². The number of amides is 2. The molecule has 0 aromatic heterocycles. The fourth-order valence-corrected chi connectivity index (χ4v) is 3.91. The molecule has 5 heteroatoms. The molecular formula is C22H25ClN2O2. The van der Waals surface area contributed by atoms with Crippen molar-refractivity contribution in [3.63, 3.8) is 0 Å². The van der Waals surface area contributed by atoms with Gasteiger partial charge in [-0.1, -0.05) is 48.0 Å². The standard InChI is InChI=1S/C22H25ClN2O2/c1-15-8-9-16(2)19(10-15)21(27)25-18-11-22(12-18,14-24-20(26)13-23)17-6-4-3-5-7-17/h3-10,18H,11-14H2,1-2H3,(H,24,26)(H,25,27). The summed E-state index contributed by atoms with van der Waals surface area (Å²) in [6, 6.07) is 16.1. The number of nitrogens with one attached hydrogen (secondary N) is 2. The first-order valence-corrected chi connectivity index (χ1v) is 9.73. The Morgan fingerprint density at radius 3 is 2.48 bits per heavy atom. The molecule has 142 valence electrons. The van der Waals surface area contributed by atoms with Crippen LogP contribution in [0.5, 0.6) is 0 Å². The summed E-state index contributed by atoms with van der Waals surface area (Å²) in [4.78, 5) is 24.3. The number of alkyl halides is 1. The van der Waals surface area contributed by atoms with Crippen LogP contribution in [0.1, 0.15) is 39.9 Å². The minimum absolute atomic E-state index is 0.0346. The number of halogens is 1. The van der Waals surface area contributed by atoms with Gasteiger partial charge in [-0.15, -0.1) is 11.6 Å². The first-order valence-electron chi connectivity index (χ1n) is 9.20. The highest BCUT2D eigenvalue weighted by molar-refractivity contribution is 6.27. The molecule has 0 spiro atoms. The maximum Gasteiger partial charge on any atom is 0.251 e. The van der Waals surface area contributed by atoms with Gasteiger partial charge in [0.25, 0.3) is 5.91 Å². The van der Waals surface area contributed by atoms with Crippen molar-refractivity contribution < 1.29 is 9.59 Å².